The number of carbonyl (C=O) groups is 2. The minimum absolute atomic E-state index is 0.395. The number of carbonyl (C=O) groups excluding carboxylic acids is 2. The number of hydrogen-bond acceptors (Lipinski definition) is 2. The Bertz CT molecular complexity index is 853. The van der Waals surface area contributed by atoms with Gasteiger partial charge in [0.05, 0.1) is 6.04 Å². The number of aryl methyl sites for hydroxylation is 1. The van der Waals surface area contributed by atoms with Crippen molar-refractivity contribution in [3.05, 3.63) is 102 Å². The van der Waals surface area contributed by atoms with Crippen LogP contribution in [0.25, 0.3) is 0 Å². The van der Waals surface area contributed by atoms with Gasteiger partial charge in [0.25, 0.3) is 0 Å². The van der Waals surface area contributed by atoms with Gasteiger partial charge in [0.15, 0.2) is 0 Å². The molecule has 3 rings (SSSR count). The van der Waals surface area contributed by atoms with Gasteiger partial charge in [-0.2, -0.15) is 0 Å². The second-order valence-corrected chi connectivity index (χ2v) is 6.05. The molecule has 0 aromatic heterocycles. The summed E-state index contributed by atoms with van der Waals surface area (Å²) in [5, 5.41) is 5.47. The molecule has 4 nitrogen and oxygen atoms in total. The zero-order valence-electron chi connectivity index (χ0n) is 14.5. The molecule has 0 atom stereocenters. The lowest BCUT2D eigenvalue weighted by Gasteiger charge is -2.19. The van der Waals surface area contributed by atoms with Crippen LogP contribution < -0.4 is 10.6 Å². The molecule has 0 aliphatic rings. The molecule has 0 radical (unpaired) electrons. The van der Waals surface area contributed by atoms with E-state index in [1.54, 1.807) is 6.07 Å². The van der Waals surface area contributed by atoms with Crippen molar-refractivity contribution in [3.8, 4) is 0 Å². The molecular weight excluding hydrogens is 324 g/mol. The molecule has 0 fully saturated rings. The molecule has 4 heteroatoms. The van der Waals surface area contributed by atoms with Crippen LogP contribution in [0.3, 0.4) is 0 Å². The van der Waals surface area contributed by atoms with Gasteiger partial charge in [-0.05, 0) is 35.7 Å². The first-order valence-corrected chi connectivity index (χ1v) is 8.42. The Balaban J connectivity index is 1.78. The van der Waals surface area contributed by atoms with Crippen molar-refractivity contribution in [2.24, 2.45) is 0 Å². The summed E-state index contributed by atoms with van der Waals surface area (Å²) in [4.78, 5) is 24.8. The topological polar surface area (TPSA) is 58.2 Å². The summed E-state index contributed by atoms with van der Waals surface area (Å²) in [6.07, 6.45) is 0. The molecule has 3 aromatic carbocycles. The van der Waals surface area contributed by atoms with E-state index in [4.69, 9.17) is 0 Å². The van der Waals surface area contributed by atoms with Crippen molar-refractivity contribution in [3.63, 3.8) is 0 Å². The number of amides is 2. The molecule has 0 aliphatic heterocycles. The summed E-state index contributed by atoms with van der Waals surface area (Å²) >= 11 is 0. The van der Waals surface area contributed by atoms with Gasteiger partial charge < -0.3 is 10.6 Å². The molecule has 2 amide bonds. The van der Waals surface area contributed by atoms with Gasteiger partial charge in [-0.1, -0.05) is 72.8 Å². The monoisotopic (exact) mass is 344 g/mol. The van der Waals surface area contributed by atoms with E-state index in [0.29, 0.717) is 5.69 Å². The first-order valence-electron chi connectivity index (χ1n) is 8.42. The number of nitrogens with one attached hydrogen (secondary N) is 2. The van der Waals surface area contributed by atoms with Crippen molar-refractivity contribution in [2.75, 3.05) is 5.32 Å². The Morgan fingerprint density at radius 2 is 1.31 bits per heavy atom. The highest BCUT2D eigenvalue weighted by molar-refractivity contribution is 6.39. The predicted octanol–water partition coefficient (Wildman–Crippen LogP) is 3.84. The molecule has 0 unspecified atom stereocenters. The molecule has 0 bridgehead atoms. The molecule has 0 heterocycles. The minimum atomic E-state index is -0.688. The molecule has 2 N–H and O–H groups in total. The molecule has 130 valence electrons. The van der Waals surface area contributed by atoms with Crippen molar-refractivity contribution < 1.29 is 9.59 Å². The molecule has 0 spiro atoms. The molecule has 3 aromatic rings. The van der Waals surface area contributed by atoms with Crippen LogP contribution in [0.15, 0.2) is 84.9 Å². The summed E-state index contributed by atoms with van der Waals surface area (Å²) in [6, 6.07) is 26.1. The maximum absolute atomic E-state index is 12.5. The number of benzene rings is 3. The lowest BCUT2D eigenvalue weighted by Crippen LogP contribution is -2.38. The van der Waals surface area contributed by atoms with Crippen molar-refractivity contribution >= 4 is 17.5 Å². The van der Waals surface area contributed by atoms with Crippen molar-refractivity contribution in [2.45, 2.75) is 13.0 Å². The number of hydrogen-bond donors (Lipinski definition) is 2. The fraction of sp³-hybridized carbons (Fsp3) is 0.0909. The normalized spacial score (nSPS) is 10.4. The number of anilines is 1. The summed E-state index contributed by atoms with van der Waals surface area (Å²) in [7, 11) is 0. The Kier molecular flexibility index (Phi) is 5.44. The van der Waals surface area contributed by atoms with Crippen molar-refractivity contribution in [1.29, 1.82) is 0 Å². The van der Waals surface area contributed by atoms with Crippen LogP contribution >= 0.6 is 0 Å². The van der Waals surface area contributed by atoms with E-state index < -0.39 is 17.9 Å². The van der Waals surface area contributed by atoms with E-state index in [2.05, 4.69) is 10.6 Å². The van der Waals surface area contributed by atoms with Gasteiger partial charge in [-0.15, -0.1) is 0 Å². The van der Waals surface area contributed by atoms with Crippen LogP contribution in [0, 0.1) is 6.92 Å². The van der Waals surface area contributed by atoms with E-state index in [9.17, 15) is 9.59 Å². The highest BCUT2D eigenvalue weighted by Crippen LogP contribution is 2.21. The fourth-order valence-corrected chi connectivity index (χ4v) is 2.76. The van der Waals surface area contributed by atoms with E-state index >= 15 is 0 Å². The zero-order valence-corrected chi connectivity index (χ0v) is 14.5. The summed E-state index contributed by atoms with van der Waals surface area (Å²) in [5.74, 6) is -1.36. The molecule has 0 saturated carbocycles. The largest absolute Gasteiger partial charge is 0.337 e. The maximum atomic E-state index is 12.5. The first-order chi connectivity index (χ1) is 12.6. The van der Waals surface area contributed by atoms with Crippen LogP contribution in [-0.2, 0) is 9.59 Å². The molecule has 0 saturated heterocycles. The summed E-state index contributed by atoms with van der Waals surface area (Å²) in [5.41, 5.74) is 3.43. The SMILES string of the molecule is Cc1cccc(NC(=O)C(=O)NC(c2ccccc2)c2ccccc2)c1. The first kappa shape index (κ1) is 17.4. The lowest BCUT2D eigenvalue weighted by molar-refractivity contribution is -0.136. The highest BCUT2D eigenvalue weighted by atomic mass is 16.2. The van der Waals surface area contributed by atoms with Crippen LogP contribution in [0.2, 0.25) is 0 Å². The minimum Gasteiger partial charge on any atom is -0.337 e. The van der Waals surface area contributed by atoms with Gasteiger partial charge in [-0.3, -0.25) is 9.59 Å². The van der Waals surface area contributed by atoms with E-state index in [0.717, 1.165) is 16.7 Å². The highest BCUT2D eigenvalue weighted by Gasteiger charge is 2.21. The Morgan fingerprint density at radius 1 is 0.731 bits per heavy atom. The van der Waals surface area contributed by atoms with Gasteiger partial charge in [0.1, 0.15) is 0 Å². The lowest BCUT2D eigenvalue weighted by atomic mass is 9.99. The van der Waals surface area contributed by atoms with Crippen LogP contribution in [-0.4, -0.2) is 11.8 Å². The Hall–Kier alpha value is -3.40. The third-order valence-electron chi connectivity index (χ3n) is 4.02. The van der Waals surface area contributed by atoms with E-state index in [1.165, 1.54) is 0 Å². The molecule has 26 heavy (non-hydrogen) atoms. The average Bonchev–Trinajstić information content (AvgIpc) is 2.67. The molecule has 0 aliphatic carbocycles. The number of rotatable bonds is 4. The summed E-state index contributed by atoms with van der Waals surface area (Å²) < 4.78 is 0. The second-order valence-electron chi connectivity index (χ2n) is 6.05. The van der Waals surface area contributed by atoms with Gasteiger partial charge in [0.2, 0.25) is 0 Å². The fourth-order valence-electron chi connectivity index (χ4n) is 2.76. The van der Waals surface area contributed by atoms with Crippen LogP contribution in [0.1, 0.15) is 22.7 Å². The van der Waals surface area contributed by atoms with E-state index in [1.807, 2.05) is 85.8 Å². The van der Waals surface area contributed by atoms with Gasteiger partial charge in [0, 0.05) is 5.69 Å². The third kappa shape index (κ3) is 4.36. The Morgan fingerprint density at radius 3 is 1.85 bits per heavy atom. The van der Waals surface area contributed by atoms with Crippen molar-refractivity contribution in [1.82, 2.24) is 5.32 Å². The molecular formula is C22H20N2O2. The zero-order chi connectivity index (χ0) is 18.4. The van der Waals surface area contributed by atoms with E-state index in [-0.39, 0.29) is 0 Å². The standard InChI is InChI=1S/C22H20N2O2/c1-16-9-8-14-19(15-16)23-21(25)22(26)24-20(17-10-4-2-5-11-17)18-12-6-3-7-13-18/h2-15,20H,1H3,(H,23,25)(H,24,26). The second kappa shape index (κ2) is 8.12. The quantitative estimate of drug-likeness (QED) is 0.707. The Labute approximate surface area is 152 Å². The average molecular weight is 344 g/mol. The predicted molar refractivity (Wildman–Crippen MR) is 103 cm³/mol. The summed E-state index contributed by atoms with van der Waals surface area (Å²) in [6.45, 7) is 1.93. The van der Waals surface area contributed by atoms with Crippen LogP contribution in [0.5, 0.6) is 0 Å². The van der Waals surface area contributed by atoms with Gasteiger partial charge in [-0.25, -0.2) is 0 Å². The smallest absolute Gasteiger partial charge is 0.313 e. The maximum Gasteiger partial charge on any atom is 0.313 e. The van der Waals surface area contributed by atoms with Crippen LogP contribution in [0.4, 0.5) is 5.69 Å². The third-order valence-corrected chi connectivity index (χ3v) is 4.02. The van der Waals surface area contributed by atoms with Gasteiger partial charge >= 0.3 is 11.8 Å².